The summed E-state index contributed by atoms with van der Waals surface area (Å²) in [7, 11) is -3.30. The van der Waals surface area contributed by atoms with Gasteiger partial charge in [0.1, 0.15) is 15.8 Å². The average Bonchev–Trinajstić information content (AvgIpc) is 2.15. The predicted octanol–water partition coefficient (Wildman–Crippen LogP) is 1.33. The van der Waals surface area contributed by atoms with E-state index in [1.165, 1.54) is 0 Å². The maximum atomic E-state index is 12.7. The summed E-state index contributed by atoms with van der Waals surface area (Å²) < 4.78 is 52.2. The average molecular weight is 273 g/mol. The second kappa shape index (κ2) is 4.48. The number of methoxy groups -OCH3 is 1. The molecule has 1 heterocycles. The first-order chi connectivity index (χ1) is 7.29. The van der Waals surface area contributed by atoms with Gasteiger partial charge < -0.3 is 4.74 Å². The number of ether oxygens (including phenoxy) is 1. The van der Waals surface area contributed by atoms with Crippen molar-refractivity contribution in [1.82, 2.24) is 4.98 Å². The molecule has 0 unspecified atom stereocenters. The van der Waals surface area contributed by atoms with Crippen molar-refractivity contribution >= 4 is 21.6 Å². The van der Waals surface area contributed by atoms with E-state index in [2.05, 4.69) is 9.72 Å². The lowest BCUT2D eigenvalue weighted by atomic mass is 10.2. The molecule has 1 aromatic heterocycles. The number of nitrogens with two attached hydrogens (primary N) is 1. The van der Waals surface area contributed by atoms with Gasteiger partial charge in [-0.2, -0.15) is 0 Å². The molecule has 0 aliphatic rings. The number of pyridine rings is 1. The lowest BCUT2D eigenvalue weighted by Crippen LogP contribution is -2.17. The Hall–Kier alpha value is -0.990. The third kappa shape index (κ3) is 2.39. The molecule has 0 saturated carbocycles. The van der Waals surface area contributed by atoms with Crippen LogP contribution in [0.25, 0.3) is 0 Å². The van der Waals surface area contributed by atoms with E-state index in [1.807, 2.05) is 0 Å². The first kappa shape index (κ1) is 13.1. The minimum Gasteiger partial charge on any atom is -0.495 e. The molecule has 0 aliphatic heterocycles. The van der Waals surface area contributed by atoms with Crippen LogP contribution in [0, 0.1) is 0 Å². The molecule has 1 aromatic rings. The molecular weight excluding hydrogens is 266 g/mol. The zero-order valence-electron chi connectivity index (χ0n) is 7.95. The van der Waals surface area contributed by atoms with Crippen LogP contribution in [-0.2, 0) is 10.0 Å². The van der Waals surface area contributed by atoms with Gasteiger partial charge in [-0.25, -0.2) is 27.3 Å². The monoisotopic (exact) mass is 272 g/mol. The molecule has 0 amide bonds. The standard InChI is InChI=1S/C7H7ClF2N2O3S/c1-15-3-2-12-6(8)5(16(11,13)14)4(3)7(9)10/h2,7H,1H3,(H2,11,13,14). The summed E-state index contributed by atoms with van der Waals surface area (Å²) in [5.41, 5.74) is -0.884. The summed E-state index contributed by atoms with van der Waals surface area (Å²) in [6, 6.07) is 0. The number of sulfonamides is 1. The van der Waals surface area contributed by atoms with Crippen molar-refractivity contribution in [3.63, 3.8) is 0 Å². The first-order valence-electron chi connectivity index (χ1n) is 3.82. The van der Waals surface area contributed by atoms with Gasteiger partial charge in [0.05, 0.1) is 18.9 Å². The number of hydrogen-bond donors (Lipinski definition) is 1. The summed E-state index contributed by atoms with van der Waals surface area (Å²) in [5, 5.41) is 4.17. The molecule has 0 spiro atoms. The summed E-state index contributed by atoms with van der Waals surface area (Å²) in [4.78, 5) is 2.49. The van der Waals surface area contributed by atoms with Crippen LogP contribution < -0.4 is 9.88 Å². The molecule has 0 radical (unpaired) electrons. The maximum absolute atomic E-state index is 12.7. The van der Waals surface area contributed by atoms with Crippen molar-refractivity contribution in [3.05, 3.63) is 16.9 Å². The van der Waals surface area contributed by atoms with Crippen molar-refractivity contribution in [1.29, 1.82) is 0 Å². The molecule has 5 nitrogen and oxygen atoms in total. The zero-order valence-corrected chi connectivity index (χ0v) is 9.52. The van der Waals surface area contributed by atoms with Crippen molar-refractivity contribution < 1.29 is 21.9 Å². The minimum atomic E-state index is -4.40. The Kier molecular flexibility index (Phi) is 3.66. The fraction of sp³-hybridized carbons (Fsp3) is 0.286. The van der Waals surface area contributed by atoms with Crippen LogP contribution in [0.4, 0.5) is 8.78 Å². The normalized spacial score (nSPS) is 11.9. The molecule has 2 N–H and O–H groups in total. The van der Waals surface area contributed by atoms with Crippen molar-refractivity contribution in [2.75, 3.05) is 7.11 Å². The topological polar surface area (TPSA) is 82.3 Å². The SMILES string of the molecule is COc1cnc(Cl)c(S(N)(=O)=O)c1C(F)F. The lowest BCUT2D eigenvalue weighted by molar-refractivity contribution is 0.143. The van der Waals surface area contributed by atoms with Gasteiger partial charge in [0.15, 0.2) is 0 Å². The predicted molar refractivity (Wildman–Crippen MR) is 52.1 cm³/mol. The van der Waals surface area contributed by atoms with Gasteiger partial charge >= 0.3 is 0 Å². The lowest BCUT2D eigenvalue weighted by Gasteiger charge is -2.12. The Bertz CT molecular complexity index is 507. The Morgan fingerprint density at radius 3 is 2.50 bits per heavy atom. The molecule has 0 aromatic carbocycles. The summed E-state index contributed by atoms with van der Waals surface area (Å²) in [6.07, 6.45) is -2.19. The van der Waals surface area contributed by atoms with Crippen molar-refractivity contribution in [2.45, 2.75) is 11.3 Å². The number of hydrogen-bond acceptors (Lipinski definition) is 4. The van der Waals surface area contributed by atoms with E-state index < -0.39 is 32.1 Å². The van der Waals surface area contributed by atoms with Crippen molar-refractivity contribution in [2.24, 2.45) is 5.14 Å². The van der Waals surface area contributed by atoms with Gasteiger partial charge in [-0.05, 0) is 0 Å². The number of halogens is 3. The molecule has 16 heavy (non-hydrogen) atoms. The summed E-state index contributed by atoms with van der Waals surface area (Å²) in [6.45, 7) is 0. The number of primary sulfonamides is 1. The second-order valence-electron chi connectivity index (χ2n) is 2.71. The van der Waals surface area contributed by atoms with Crippen LogP contribution in [0.5, 0.6) is 5.75 Å². The Morgan fingerprint density at radius 1 is 1.56 bits per heavy atom. The van der Waals surface area contributed by atoms with Gasteiger partial charge in [-0.1, -0.05) is 11.6 Å². The molecule has 0 aliphatic carbocycles. The van der Waals surface area contributed by atoms with E-state index in [0.717, 1.165) is 13.3 Å². The molecular formula is C7H7ClF2N2O3S. The van der Waals surface area contributed by atoms with Gasteiger partial charge in [0.25, 0.3) is 6.43 Å². The largest absolute Gasteiger partial charge is 0.495 e. The van der Waals surface area contributed by atoms with Gasteiger partial charge in [-0.3, -0.25) is 0 Å². The van der Waals surface area contributed by atoms with Crippen molar-refractivity contribution in [3.8, 4) is 5.75 Å². The highest BCUT2D eigenvalue weighted by Gasteiger charge is 2.28. The Morgan fingerprint density at radius 2 is 2.12 bits per heavy atom. The fourth-order valence-electron chi connectivity index (χ4n) is 1.11. The van der Waals surface area contributed by atoms with Gasteiger partial charge in [0, 0.05) is 0 Å². The number of rotatable bonds is 3. The molecule has 0 saturated heterocycles. The van der Waals surface area contributed by atoms with Crippen LogP contribution in [0.15, 0.2) is 11.1 Å². The van der Waals surface area contributed by atoms with Crippen LogP contribution >= 0.6 is 11.6 Å². The van der Waals surface area contributed by atoms with Crippen LogP contribution in [0.3, 0.4) is 0 Å². The third-order valence-electron chi connectivity index (χ3n) is 1.72. The Balaban J connectivity index is 3.69. The van der Waals surface area contributed by atoms with Crippen LogP contribution in [0.2, 0.25) is 5.15 Å². The van der Waals surface area contributed by atoms with E-state index in [1.54, 1.807) is 0 Å². The molecule has 0 fully saturated rings. The van der Waals surface area contributed by atoms with Crippen LogP contribution in [-0.4, -0.2) is 20.5 Å². The highest BCUT2D eigenvalue weighted by molar-refractivity contribution is 7.89. The maximum Gasteiger partial charge on any atom is 0.268 e. The first-order valence-corrected chi connectivity index (χ1v) is 5.74. The quantitative estimate of drug-likeness (QED) is 0.842. The van der Waals surface area contributed by atoms with E-state index in [-0.39, 0.29) is 5.75 Å². The number of aromatic nitrogens is 1. The highest BCUT2D eigenvalue weighted by atomic mass is 35.5. The van der Waals surface area contributed by atoms with E-state index >= 15 is 0 Å². The second-order valence-corrected chi connectivity index (χ2v) is 4.56. The van der Waals surface area contributed by atoms with Gasteiger partial charge in [-0.15, -0.1) is 0 Å². The third-order valence-corrected chi connectivity index (χ3v) is 3.10. The molecule has 0 atom stereocenters. The summed E-state index contributed by atoms with van der Waals surface area (Å²) >= 11 is 5.43. The molecule has 9 heteroatoms. The molecule has 0 bridgehead atoms. The van der Waals surface area contributed by atoms with E-state index in [9.17, 15) is 17.2 Å². The van der Waals surface area contributed by atoms with E-state index in [4.69, 9.17) is 16.7 Å². The number of nitrogens with zero attached hydrogens (tertiary/aromatic N) is 1. The highest BCUT2D eigenvalue weighted by Crippen LogP contribution is 2.36. The van der Waals surface area contributed by atoms with Crippen LogP contribution in [0.1, 0.15) is 12.0 Å². The molecule has 1 rings (SSSR count). The molecule has 90 valence electrons. The smallest absolute Gasteiger partial charge is 0.268 e. The number of alkyl halides is 2. The van der Waals surface area contributed by atoms with Gasteiger partial charge in [0.2, 0.25) is 10.0 Å². The fourth-order valence-corrected chi connectivity index (χ4v) is 2.36. The van der Waals surface area contributed by atoms with E-state index in [0.29, 0.717) is 0 Å². The zero-order chi connectivity index (χ0) is 12.5. The minimum absolute atomic E-state index is 0.386. The summed E-state index contributed by atoms with van der Waals surface area (Å²) in [5.74, 6) is -0.386. The Labute approximate surface area is 95.2 Å².